The molecule has 0 aliphatic carbocycles. The van der Waals surface area contributed by atoms with Gasteiger partial charge >= 0.3 is 6.09 Å². The SMILES string of the molecule is CCCCNC(O)CN(Cc1ccc(F)cc1F)C(=O)OC(C)(C)C. The normalized spacial score (nSPS) is 12.8. The summed E-state index contributed by atoms with van der Waals surface area (Å²) in [7, 11) is 0. The zero-order chi connectivity index (χ0) is 19.0. The minimum absolute atomic E-state index is 0.0740. The number of halogens is 2. The summed E-state index contributed by atoms with van der Waals surface area (Å²) in [5, 5.41) is 13.0. The predicted octanol–water partition coefficient (Wildman–Crippen LogP) is 3.41. The summed E-state index contributed by atoms with van der Waals surface area (Å²) < 4.78 is 32.3. The average molecular weight is 358 g/mol. The summed E-state index contributed by atoms with van der Waals surface area (Å²) in [5.74, 6) is -1.44. The lowest BCUT2D eigenvalue weighted by Crippen LogP contribution is -2.45. The van der Waals surface area contributed by atoms with Crippen molar-refractivity contribution in [2.24, 2.45) is 0 Å². The predicted molar refractivity (Wildman–Crippen MR) is 91.9 cm³/mol. The highest BCUT2D eigenvalue weighted by Crippen LogP contribution is 2.16. The third kappa shape index (κ3) is 8.27. The largest absolute Gasteiger partial charge is 0.444 e. The van der Waals surface area contributed by atoms with Crippen LogP contribution in [0, 0.1) is 11.6 Å². The quantitative estimate of drug-likeness (QED) is 0.552. The van der Waals surface area contributed by atoms with E-state index in [0.29, 0.717) is 6.54 Å². The first-order valence-corrected chi connectivity index (χ1v) is 8.45. The molecule has 1 unspecified atom stereocenters. The Hall–Kier alpha value is -1.73. The van der Waals surface area contributed by atoms with Gasteiger partial charge in [0.2, 0.25) is 0 Å². The molecule has 0 aliphatic rings. The van der Waals surface area contributed by atoms with E-state index in [4.69, 9.17) is 4.74 Å². The van der Waals surface area contributed by atoms with E-state index in [1.54, 1.807) is 20.8 Å². The van der Waals surface area contributed by atoms with Crippen LogP contribution in [0.1, 0.15) is 46.1 Å². The van der Waals surface area contributed by atoms with Crippen LogP contribution in [0.15, 0.2) is 18.2 Å². The molecular formula is C18H28F2N2O3. The summed E-state index contributed by atoms with van der Waals surface area (Å²) in [4.78, 5) is 13.6. The van der Waals surface area contributed by atoms with Crippen LogP contribution >= 0.6 is 0 Å². The van der Waals surface area contributed by atoms with Crippen molar-refractivity contribution in [3.8, 4) is 0 Å². The number of aliphatic hydroxyl groups excluding tert-OH is 1. The average Bonchev–Trinajstić information content (AvgIpc) is 2.47. The van der Waals surface area contributed by atoms with Crippen LogP contribution in [-0.2, 0) is 11.3 Å². The van der Waals surface area contributed by atoms with Gasteiger partial charge in [-0.25, -0.2) is 13.6 Å². The third-order valence-electron chi connectivity index (χ3n) is 3.33. The number of carbonyl (C=O) groups is 1. The van der Waals surface area contributed by atoms with Crippen molar-refractivity contribution in [1.29, 1.82) is 0 Å². The van der Waals surface area contributed by atoms with E-state index in [9.17, 15) is 18.7 Å². The molecule has 1 atom stereocenters. The molecule has 0 radical (unpaired) electrons. The molecule has 2 N–H and O–H groups in total. The van der Waals surface area contributed by atoms with E-state index >= 15 is 0 Å². The van der Waals surface area contributed by atoms with E-state index in [-0.39, 0.29) is 18.7 Å². The van der Waals surface area contributed by atoms with Gasteiger partial charge in [0, 0.05) is 11.6 Å². The first kappa shape index (κ1) is 21.3. The maximum absolute atomic E-state index is 13.9. The molecule has 25 heavy (non-hydrogen) atoms. The first-order valence-electron chi connectivity index (χ1n) is 8.45. The summed E-state index contributed by atoms with van der Waals surface area (Å²) in [6, 6.07) is 3.17. The lowest BCUT2D eigenvalue weighted by atomic mass is 10.2. The van der Waals surface area contributed by atoms with Gasteiger partial charge in [0.25, 0.3) is 0 Å². The van der Waals surface area contributed by atoms with Crippen LogP contribution in [0.3, 0.4) is 0 Å². The zero-order valence-corrected chi connectivity index (χ0v) is 15.3. The zero-order valence-electron chi connectivity index (χ0n) is 15.3. The van der Waals surface area contributed by atoms with E-state index in [2.05, 4.69) is 5.32 Å². The number of benzene rings is 1. The lowest BCUT2D eigenvalue weighted by molar-refractivity contribution is 0.00848. The third-order valence-corrected chi connectivity index (χ3v) is 3.33. The molecular weight excluding hydrogens is 330 g/mol. The summed E-state index contributed by atoms with van der Waals surface area (Å²) in [5.41, 5.74) is -0.579. The number of hydrogen-bond acceptors (Lipinski definition) is 4. The molecule has 0 saturated carbocycles. The molecule has 0 fully saturated rings. The van der Waals surface area contributed by atoms with Crippen molar-refractivity contribution < 1.29 is 23.4 Å². The Bertz CT molecular complexity index is 562. The number of amides is 1. The maximum atomic E-state index is 13.9. The van der Waals surface area contributed by atoms with E-state index < -0.39 is 29.6 Å². The van der Waals surface area contributed by atoms with Gasteiger partial charge in [0.15, 0.2) is 0 Å². The number of ether oxygens (including phenoxy) is 1. The van der Waals surface area contributed by atoms with Gasteiger partial charge in [-0.3, -0.25) is 10.2 Å². The minimum atomic E-state index is -0.970. The number of unbranched alkanes of at least 4 members (excludes halogenated alkanes) is 1. The van der Waals surface area contributed by atoms with Crippen molar-refractivity contribution in [3.05, 3.63) is 35.4 Å². The van der Waals surface area contributed by atoms with Gasteiger partial charge in [-0.1, -0.05) is 19.4 Å². The van der Waals surface area contributed by atoms with Crippen LogP contribution in [0.2, 0.25) is 0 Å². The fourth-order valence-electron chi connectivity index (χ4n) is 2.10. The Balaban J connectivity index is 2.84. The molecule has 1 rings (SSSR count). The molecule has 7 heteroatoms. The van der Waals surface area contributed by atoms with Crippen molar-refractivity contribution in [1.82, 2.24) is 10.2 Å². The Morgan fingerprint density at radius 2 is 2.04 bits per heavy atom. The topological polar surface area (TPSA) is 61.8 Å². The highest BCUT2D eigenvalue weighted by atomic mass is 19.1. The van der Waals surface area contributed by atoms with E-state index in [0.717, 1.165) is 25.0 Å². The molecule has 0 spiro atoms. The Morgan fingerprint density at radius 1 is 1.36 bits per heavy atom. The van der Waals surface area contributed by atoms with Crippen molar-refractivity contribution in [2.45, 2.75) is 58.9 Å². The van der Waals surface area contributed by atoms with Crippen LogP contribution in [-0.4, -0.2) is 41.0 Å². The fourth-order valence-corrected chi connectivity index (χ4v) is 2.10. The second-order valence-corrected chi connectivity index (χ2v) is 6.92. The van der Waals surface area contributed by atoms with Gasteiger partial charge in [-0.15, -0.1) is 0 Å². The maximum Gasteiger partial charge on any atom is 0.410 e. The smallest absolute Gasteiger partial charge is 0.410 e. The van der Waals surface area contributed by atoms with Gasteiger partial charge in [-0.05, 0) is 39.8 Å². The molecule has 0 aromatic heterocycles. The molecule has 1 aromatic rings. The molecule has 0 bridgehead atoms. The Kier molecular flexibility index (Phi) is 8.25. The first-order chi connectivity index (χ1) is 11.6. The minimum Gasteiger partial charge on any atom is -0.444 e. The van der Waals surface area contributed by atoms with Gasteiger partial charge < -0.3 is 9.84 Å². The highest BCUT2D eigenvalue weighted by Gasteiger charge is 2.25. The highest BCUT2D eigenvalue weighted by molar-refractivity contribution is 5.68. The number of nitrogens with one attached hydrogen (secondary N) is 1. The van der Waals surface area contributed by atoms with Crippen molar-refractivity contribution >= 4 is 6.09 Å². The molecule has 142 valence electrons. The number of nitrogens with zero attached hydrogens (tertiary/aromatic N) is 1. The molecule has 1 amide bonds. The summed E-state index contributed by atoms with van der Waals surface area (Å²) >= 11 is 0. The van der Waals surface area contributed by atoms with Crippen LogP contribution in [0.5, 0.6) is 0 Å². The van der Waals surface area contributed by atoms with Crippen LogP contribution < -0.4 is 5.32 Å². The lowest BCUT2D eigenvalue weighted by Gasteiger charge is -2.29. The molecule has 0 saturated heterocycles. The van der Waals surface area contributed by atoms with E-state index in [1.807, 2.05) is 6.92 Å². The summed E-state index contributed by atoms with van der Waals surface area (Å²) in [6.07, 6.45) is 0.210. The van der Waals surface area contributed by atoms with Gasteiger partial charge in [0.1, 0.15) is 23.5 Å². The van der Waals surface area contributed by atoms with Crippen LogP contribution in [0.25, 0.3) is 0 Å². The number of aliphatic hydroxyl groups is 1. The molecule has 5 nitrogen and oxygen atoms in total. The second-order valence-electron chi connectivity index (χ2n) is 6.92. The molecule has 1 aromatic carbocycles. The molecule has 0 heterocycles. The number of rotatable bonds is 8. The van der Waals surface area contributed by atoms with Gasteiger partial charge in [0.05, 0.1) is 13.1 Å². The Labute approximate surface area is 148 Å². The Morgan fingerprint density at radius 3 is 2.60 bits per heavy atom. The van der Waals surface area contributed by atoms with Crippen LogP contribution in [0.4, 0.5) is 13.6 Å². The monoisotopic (exact) mass is 358 g/mol. The standard InChI is InChI=1S/C18H28F2N2O3/c1-5-6-9-21-16(23)12-22(17(24)25-18(2,3)4)11-13-7-8-14(19)10-15(13)20/h7-8,10,16,21,23H,5-6,9,11-12H2,1-4H3. The second kappa shape index (κ2) is 9.68. The van der Waals surface area contributed by atoms with Crippen molar-refractivity contribution in [2.75, 3.05) is 13.1 Å². The number of carbonyl (C=O) groups excluding carboxylic acids is 1. The fraction of sp³-hybridized carbons (Fsp3) is 0.611. The van der Waals surface area contributed by atoms with Crippen molar-refractivity contribution in [3.63, 3.8) is 0 Å². The number of hydrogen-bond donors (Lipinski definition) is 2. The van der Waals surface area contributed by atoms with Gasteiger partial charge in [-0.2, -0.15) is 0 Å². The van der Waals surface area contributed by atoms with E-state index in [1.165, 1.54) is 11.0 Å². The summed E-state index contributed by atoms with van der Waals surface area (Å²) in [6.45, 7) is 7.58. The molecule has 0 aliphatic heterocycles.